The van der Waals surface area contributed by atoms with Crippen molar-refractivity contribution in [3.63, 3.8) is 0 Å². The van der Waals surface area contributed by atoms with Gasteiger partial charge in [-0.25, -0.2) is 0 Å². The molecule has 0 bridgehead atoms. The molecule has 1 fully saturated rings. The van der Waals surface area contributed by atoms with E-state index in [0.717, 1.165) is 24.5 Å². The summed E-state index contributed by atoms with van der Waals surface area (Å²) in [4.78, 5) is 2.59. The topological polar surface area (TPSA) is 15.3 Å². The first-order valence-electron chi connectivity index (χ1n) is 7.08. The second-order valence-electron chi connectivity index (χ2n) is 5.70. The second kappa shape index (κ2) is 7.29. The van der Waals surface area contributed by atoms with Crippen molar-refractivity contribution in [2.75, 3.05) is 20.1 Å². The average Bonchev–Trinajstić information content (AvgIpc) is 2.42. The third-order valence-corrected chi connectivity index (χ3v) is 3.67. The van der Waals surface area contributed by atoms with Gasteiger partial charge in [-0.05, 0) is 32.4 Å². The van der Waals surface area contributed by atoms with Crippen LogP contribution in [0, 0.1) is 5.92 Å². The molecule has 0 aliphatic heterocycles. The number of rotatable bonds is 5. The van der Waals surface area contributed by atoms with Gasteiger partial charge in [-0.3, -0.25) is 0 Å². The zero-order valence-corrected chi connectivity index (χ0v) is 11.6. The largest absolute Gasteiger partial charge is 0.313 e. The van der Waals surface area contributed by atoms with E-state index in [1.165, 1.54) is 38.6 Å². The summed E-state index contributed by atoms with van der Waals surface area (Å²) >= 11 is 0. The maximum atomic E-state index is 3.69. The van der Waals surface area contributed by atoms with Gasteiger partial charge in [-0.15, -0.1) is 0 Å². The Bertz CT molecular complexity index is 180. The van der Waals surface area contributed by atoms with Crippen molar-refractivity contribution in [1.82, 2.24) is 10.2 Å². The molecule has 2 nitrogen and oxygen atoms in total. The fourth-order valence-electron chi connectivity index (χ4n) is 3.03. The highest BCUT2D eigenvalue weighted by molar-refractivity contribution is 4.85. The summed E-state index contributed by atoms with van der Waals surface area (Å²) in [5, 5.41) is 3.69. The molecule has 96 valence electrons. The summed E-state index contributed by atoms with van der Waals surface area (Å²) < 4.78 is 0. The second-order valence-corrected chi connectivity index (χ2v) is 5.70. The normalized spacial score (nSPS) is 27.4. The molecule has 0 radical (unpaired) electrons. The van der Waals surface area contributed by atoms with Crippen molar-refractivity contribution in [3.8, 4) is 0 Å². The van der Waals surface area contributed by atoms with Gasteiger partial charge in [0.05, 0.1) is 0 Å². The van der Waals surface area contributed by atoms with Crippen molar-refractivity contribution >= 4 is 0 Å². The maximum Gasteiger partial charge on any atom is 0.0246 e. The molecule has 1 rings (SSSR count). The number of hydrogen-bond donors (Lipinski definition) is 1. The molecule has 1 N–H and O–H groups in total. The van der Waals surface area contributed by atoms with Crippen LogP contribution in [0.15, 0.2) is 0 Å². The van der Waals surface area contributed by atoms with Crippen molar-refractivity contribution < 1.29 is 0 Å². The van der Waals surface area contributed by atoms with Crippen LogP contribution in [0.2, 0.25) is 0 Å². The lowest BCUT2D eigenvalue weighted by molar-refractivity contribution is 0.166. The molecule has 0 saturated heterocycles. The van der Waals surface area contributed by atoms with Gasteiger partial charge in [0.25, 0.3) is 0 Å². The van der Waals surface area contributed by atoms with Crippen LogP contribution >= 0.6 is 0 Å². The lowest BCUT2D eigenvalue weighted by atomic mass is 10.0. The Morgan fingerprint density at radius 2 is 1.88 bits per heavy atom. The Kier molecular flexibility index (Phi) is 6.37. The molecule has 1 saturated carbocycles. The molecule has 0 heterocycles. The highest BCUT2D eigenvalue weighted by Crippen LogP contribution is 2.22. The van der Waals surface area contributed by atoms with E-state index in [1.807, 2.05) is 0 Å². The summed E-state index contributed by atoms with van der Waals surface area (Å²) in [6, 6.07) is 1.47. The Balaban J connectivity index is 2.55. The van der Waals surface area contributed by atoms with Crippen LogP contribution in [0.4, 0.5) is 0 Å². The van der Waals surface area contributed by atoms with E-state index in [9.17, 15) is 0 Å². The van der Waals surface area contributed by atoms with Crippen LogP contribution in [0.1, 0.15) is 52.9 Å². The Morgan fingerprint density at radius 3 is 2.50 bits per heavy atom. The first-order chi connectivity index (χ1) is 7.65. The standard InChI is InChI=1S/C14H30N2/c1-5-15-13-9-7-6-8-10-14(13)16(4)11-12(2)3/h12-15H,5-11H2,1-4H3. The number of hydrogen-bond acceptors (Lipinski definition) is 2. The zero-order chi connectivity index (χ0) is 12.0. The first-order valence-corrected chi connectivity index (χ1v) is 7.08. The van der Waals surface area contributed by atoms with E-state index in [2.05, 4.69) is 38.0 Å². The fourth-order valence-corrected chi connectivity index (χ4v) is 3.03. The smallest absolute Gasteiger partial charge is 0.0246 e. The monoisotopic (exact) mass is 226 g/mol. The molecule has 16 heavy (non-hydrogen) atoms. The molecule has 0 amide bonds. The zero-order valence-electron chi connectivity index (χ0n) is 11.6. The van der Waals surface area contributed by atoms with Crippen LogP contribution in [0.3, 0.4) is 0 Å². The van der Waals surface area contributed by atoms with E-state index in [1.54, 1.807) is 0 Å². The minimum Gasteiger partial charge on any atom is -0.313 e. The SMILES string of the molecule is CCNC1CCCCCC1N(C)CC(C)C. The quantitative estimate of drug-likeness (QED) is 0.725. The molecular formula is C14H30N2. The molecule has 2 atom stereocenters. The molecule has 1 aliphatic carbocycles. The van der Waals surface area contributed by atoms with E-state index >= 15 is 0 Å². The Morgan fingerprint density at radius 1 is 1.19 bits per heavy atom. The molecule has 0 aromatic heterocycles. The first kappa shape index (κ1) is 14.0. The van der Waals surface area contributed by atoms with Crippen LogP contribution in [-0.2, 0) is 0 Å². The summed E-state index contributed by atoms with van der Waals surface area (Å²) in [5.74, 6) is 0.774. The van der Waals surface area contributed by atoms with Crippen molar-refractivity contribution in [3.05, 3.63) is 0 Å². The average molecular weight is 226 g/mol. The predicted molar refractivity (Wildman–Crippen MR) is 71.8 cm³/mol. The van der Waals surface area contributed by atoms with Gasteiger partial charge in [-0.2, -0.15) is 0 Å². The van der Waals surface area contributed by atoms with Crippen LogP contribution in [0.5, 0.6) is 0 Å². The van der Waals surface area contributed by atoms with Gasteiger partial charge in [-0.1, -0.05) is 40.0 Å². The summed E-state index contributed by atoms with van der Waals surface area (Å²) in [6.07, 6.45) is 6.98. The van der Waals surface area contributed by atoms with Crippen LogP contribution in [-0.4, -0.2) is 37.1 Å². The minimum atomic E-state index is 0.719. The molecule has 0 aromatic rings. The highest BCUT2D eigenvalue weighted by Gasteiger charge is 2.26. The fraction of sp³-hybridized carbons (Fsp3) is 1.00. The van der Waals surface area contributed by atoms with E-state index in [4.69, 9.17) is 0 Å². The molecule has 2 unspecified atom stereocenters. The molecule has 0 aromatic carbocycles. The Labute approximate surface area is 102 Å². The number of nitrogens with zero attached hydrogens (tertiary/aromatic N) is 1. The third kappa shape index (κ3) is 4.42. The van der Waals surface area contributed by atoms with Crippen LogP contribution in [0.25, 0.3) is 0 Å². The molecule has 1 aliphatic rings. The molecule has 0 spiro atoms. The van der Waals surface area contributed by atoms with Gasteiger partial charge in [0.1, 0.15) is 0 Å². The van der Waals surface area contributed by atoms with E-state index in [0.29, 0.717) is 0 Å². The number of nitrogens with one attached hydrogen (secondary N) is 1. The lowest BCUT2D eigenvalue weighted by Crippen LogP contribution is -2.49. The maximum absolute atomic E-state index is 3.69. The van der Waals surface area contributed by atoms with Gasteiger partial charge in [0, 0.05) is 18.6 Å². The summed E-state index contributed by atoms with van der Waals surface area (Å²) in [5.41, 5.74) is 0. The predicted octanol–water partition coefficient (Wildman–Crippen LogP) is 2.89. The van der Waals surface area contributed by atoms with E-state index < -0.39 is 0 Å². The third-order valence-electron chi connectivity index (χ3n) is 3.67. The van der Waals surface area contributed by atoms with Gasteiger partial charge in [0.2, 0.25) is 0 Å². The van der Waals surface area contributed by atoms with Crippen molar-refractivity contribution in [2.45, 2.75) is 65.0 Å². The Hall–Kier alpha value is -0.0800. The molecule has 2 heteroatoms. The lowest BCUT2D eigenvalue weighted by Gasteiger charge is -2.35. The van der Waals surface area contributed by atoms with Gasteiger partial charge >= 0.3 is 0 Å². The minimum absolute atomic E-state index is 0.719. The van der Waals surface area contributed by atoms with Crippen LogP contribution < -0.4 is 5.32 Å². The summed E-state index contributed by atoms with van der Waals surface area (Å²) in [6.45, 7) is 9.19. The van der Waals surface area contributed by atoms with Gasteiger partial charge < -0.3 is 10.2 Å². The van der Waals surface area contributed by atoms with Gasteiger partial charge in [0.15, 0.2) is 0 Å². The number of likely N-dealkylation sites (N-methyl/N-ethyl adjacent to an activating group) is 2. The van der Waals surface area contributed by atoms with E-state index in [-0.39, 0.29) is 0 Å². The van der Waals surface area contributed by atoms with Crippen molar-refractivity contribution in [1.29, 1.82) is 0 Å². The molecular weight excluding hydrogens is 196 g/mol. The highest BCUT2D eigenvalue weighted by atomic mass is 15.2. The summed E-state index contributed by atoms with van der Waals surface area (Å²) in [7, 11) is 2.31. The van der Waals surface area contributed by atoms with Crippen molar-refractivity contribution in [2.24, 2.45) is 5.92 Å².